The lowest BCUT2D eigenvalue weighted by Gasteiger charge is -2.09. The molecule has 0 saturated heterocycles. The molecule has 0 unspecified atom stereocenters. The molecule has 2 aromatic rings. The molecule has 2 nitrogen and oxygen atoms in total. The molecule has 0 saturated carbocycles. The SMILES string of the molecule is Clc1ccc(Cl)c(OCc2ccncc2Cl)c1. The van der Waals surface area contributed by atoms with Crippen LogP contribution < -0.4 is 4.74 Å². The Morgan fingerprint density at radius 2 is 1.88 bits per heavy atom. The van der Waals surface area contributed by atoms with E-state index in [1.54, 1.807) is 36.7 Å². The van der Waals surface area contributed by atoms with E-state index in [0.717, 1.165) is 5.56 Å². The predicted octanol–water partition coefficient (Wildman–Crippen LogP) is 4.62. The Kier molecular flexibility index (Phi) is 4.11. The van der Waals surface area contributed by atoms with E-state index in [9.17, 15) is 0 Å². The molecule has 5 heteroatoms. The van der Waals surface area contributed by atoms with Crippen LogP contribution in [0.15, 0.2) is 36.7 Å². The quantitative estimate of drug-likeness (QED) is 0.822. The first-order chi connectivity index (χ1) is 8.16. The van der Waals surface area contributed by atoms with E-state index in [-0.39, 0.29) is 0 Å². The summed E-state index contributed by atoms with van der Waals surface area (Å²) in [4.78, 5) is 3.90. The zero-order valence-electron chi connectivity index (χ0n) is 8.66. The average molecular weight is 289 g/mol. The van der Waals surface area contributed by atoms with Gasteiger partial charge in [-0.3, -0.25) is 4.98 Å². The lowest BCUT2D eigenvalue weighted by molar-refractivity contribution is 0.306. The average Bonchev–Trinajstić information content (AvgIpc) is 2.32. The largest absolute Gasteiger partial charge is 0.487 e. The van der Waals surface area contributed by atoms with Crippen LogP contribution in [0.25, 0.3) is 0 Å². The summed E-state index contributed by atoms with van der Waals surface area (Å²) < 4.78 is 5.56. The smallest absolute Gasteiger partial charge is 0.139 e. The van der Waals surface area contributed by atoms with Gasteiger partial charge in [0.05, 0.1) is 10.0 Å². The van der Waals surface area contributed by atoms with Gasteiger partial charge in [-0.15, -0.1) is 0 Å². The van der Waals surface area contributed by atoms with Crippen LogP contribution in [-0.2, 0) is 6.61 Å². The van der Waals surface area contributed by atoms with Gasteiger partial charge in [0.1, 0.15) is 12.4 Å². The van der Waals surface area contributed by atoms with E-state index < -0.39 is 0 Å². The normalized spacial score (nSPS) is 10.3. The van der Waals surface area contributed by atoms with Crippen molar-refractivity contribution in [3.63, 3.8) is 0 Å². The van der Waals surface area contributed by atoms with Crippen LogP contribution in [-0.4, -0.2) is 4.98 Å². The number of pyridine rings is 1. The van der Waals surface area contributed by atoms with E-state index in [1.807, 2.05) is 0 Å². The molecule has 88 valence electrons. The first-order valence-electron chi connectivity index (χ1n) is 4.83. The molecule has 0 atom stereocenters. The molecule has 1 aromatic heterocycles. The second kappa shape index (κ2) is 5.58. The molecule has 2 rings (SSSR count). The topological polar surface area (TPSA) is 22.1 Å². The van der Waals surface area contributed by atoms with Crippen LogP contribution in [0.4, 0.5) is 0 Å². The monoisotopic (exact) mass is 287 g/mol. The number of hydrogen-bond donors (Lipinski definition) is 0. The standard InChI is InChI=1S/C12H8Cl3NO/c13-9-1-2-10(14)12(5-9)17-7-8-3-4-16-6-11(8)15/h1-6H,7H2. The molecule has 0 aliphatic carbocycles. The minimum absolute atomic E-state index is 0.321. The number of hydrogen-bond acceptors (Lipinski definition) is 2. The maximum Gasteiger partial charge on any atom is 0.139 e. The molecule has 0 aliphatic rings. The maximum absolute atomic E-state index is 5.97. The van der Waals surface area contributed by atoms with Crippen LogP contribution in [0.5, 0.6) is 5.75 Å². The van der Waals surface area contributed by atoms with Gasteiger partial charge < -0.3 is 4.74 Å². The van der Waals surface area contributed by atoms with Crippen LogP contribution in [0.2, 0.25) is 15.1 Å². The molecule has 0 amide bonds. The van der Waals surface area contributed by atoms with Gasteiger partial charge in [0, 0.05) is 29.0 Å². The highest BCUT2D eigenvalue weighted by molar-refractivity contribution is 6.34. The summed E-state index contributed by atoms with van der Waals surface area (Å²) in [5.41, 5.74) is 0.845. The molecule has 17 heavy (non-hydrogen) atoms. The maximum atomic E-state index is 5.97. The van der Waals surface area contributed by atoms with Crippen molar-refractivity contribution in [2.45, 2.75) is 6.61 Å². The molecule has 1 heterocycles. The third kappa shape index (κ3) is 3.25. The van der Waals surface area contributed by atoms with Crippen LogP contribution in [0, 0.1) is 0 Å². The fourth-order valence-corrected chi connectivity index (χ4v) is 1.77. The highest BCUT2D eigenvalue weighted by atomic mass is 35.5. The zero-order valence-corrected chi connectivity index (χ0v) is 10.9. The fourth-order valence-electron chi connectivity index (χ4n) is 1.26. The van der Waals surface area contributed by atoms with E-state index in [4.69, 9.17) is 39.5 Å². The Bertz CT molecular complexity index is 531. The van der Waals surface area contributed by atoms with E-state index in [2.05, 4.69) is 4.98 Å². The lowest BCUT2D eigenvalue weighted by atomic mass is 10.3. The summed E-state index contributed by atoms with van der Waals surface area (Å²) >= 11 is 17.8. The number of benzene rings is 1. The van der Waals surface area contributed by atoms with Gasteiger partial charge >= 0.3 is 0 Å². The van der Waals surface area contributed by atoms with Gasteiger partial charge in [0.15, 0.2) is 0 Å². The molecular formula is C12H8Cl3NO. The third-order valence-corrected chi connectivity index (χ3v) is 3.02. The Morgan fingerprint density at radius 1 is 1.06 bits per heavy atom. The summed E-state index contributed by atoms with van der Waals surface area (Å²) in [6.07, 6.45) is 3.23. The van der Waals surface area contributed by atoms with Crippen molar-refractivity contribution >= 4 is 34.8 Å². The van der Waals surface area contributed by atoms with Crippen molar-refractivity contribution in [1.82, 2.24) is 4.98 Å². The first kappa shape index (κ1) is 12.5. The Hall–Kier alpha value is -0.960. The Morgan fingerprint density at radius 3 is 2.65 bits per heavy atom. The highest BCUT2D eigenvalue weighted by Gasteiger charge is 2.05. The number of halogens is 3. The molecular weight excluding hydrogens is 280 g/mol. The van der Waals surface area contributed by atoms with Crippen molar-refractivity contribution in [2.24, 2.45) is 0 Å². The zero-order chi connectivity index (χ0) is 12.3. The summed E-state index contributed by atoms with van der Waals surface area (Å²) in [6, 6.07) is 6.85. The molecule has 0 spiro atoms. The molecule has 0 aliphatic heterocycles. The van der Waals surface area contributed by atoms with Crippen molar-refractivity contribution in [2.75, 3.05) is 0 Å². The van der Waals surface area contributed by atoms with Crippen molar-refractivity contribution in [3.8, 4) is 5.75 Å². The number of nitrogens with zero attached hydrogens (tertiary/aromatic N) is 1. The van der Waals surface area contributed by atoms with Gasteiger partial charge in [-0.2, -0.15) is 0 Å². The van der Waals surface area contributed by atoms with E-state index >= 15 is 0 Å². The fraction of sp³-hybridized carbons (Fsp3) is 0.0833. The molecule has 0 bridgehead atoms. The van der Waals surface area contributed by atoms with Crippen LogP contribution >= 0.6 is 34.8 Å². The van der Waals surface area contributed by atoms with Crippen molar-refractivity contribution < 1.29 is 4.74 Å². The van der Waals surface area contributed by atoms with E-state index in [0.29, 0.717) is 27.4 Å². The van der Waals surface area contributed by atoms with Gasteiger partial charge in [0.2, 0.25) is 0 Å². The van der Waals surface area contributed by atoms with Crippen LogP contribution in [0.3, 0.4) is 0 Å². The Balaban J connectivity index is 2.12. The number of ether oxygens (including phenoxy) is 1. The number of aromatic nitrogens is 1. The molecule has 0 radical (unpaired) electrons. The second-order valence-electron chi connectivity index (χ2n) is 3.33. The minimum atomic E-state index is 0.321. The van der Waals surface area contributed by atoms with Crippen LogP contribution in [0.1, 0.15) is 5.56 Å². The third-order valence-electron chi connectivity index (χ3n) is 2.13. The lowest BCUT2D eigenvalue weighted by Crippen LogP contribution is -1.97. The first-order valence-corrected chi connectivity index (χ1v) is 5.96. The Labute approximate surface area is 114 Å². The van der Waals surface area contributed by atoms with Gasteiger partial charge in [-0.1, -0.05) is 34.8 Å². The summed E-state index contributed by atoms with van der Waals surface area (Å²) in [5.74, 6) is 0.534. The minimum Gasteiger partial charge on any atom is -0.487 e. The predicted molar refractivity (Wildman–Crippen MR) is 70.0 cm³/mol. The van der Waals surface area contributed by atoms with Gasteiger partial charge in [-0.05, 0) is 18.2 Å². The summed E-state index contributed by atoms with van der Waals surface area (Å²) in [7, 11) is 0. The number of rotatable bonds is 3. The molecule has 0 N–H and O–H groups in total. The van der Waals surface area contributed by atoms with Gasteiger partial charge in [-0.25, -0.2) is 0 Å². The summed E-state index contributed by atoms with van der Waals surface area (Å²) in [5, 5.41) is 1.65. The van der Waals surface area contributed by atoms with Crippen molar-refractivity contribution in [3.05, 3.63) is 57.3 Å². The summed E-state index contributed by atoms with van der Waals surface area (Å²) in [6.45, 7) is 0.321. The van der Waals surface area contributed by atoms with Gasteiger partial charge in [0.25, 0.3) is 0 Å². The molecule has 0 fully saturated rings. The molecule has 1 aromatic carbocycles. The van der Waals surface area contributed by atoms with E-state index in [1.165, 1.54) is 0 Å². The van der Waals surface area contributed by atoms with Crippen molar-refractivity contribution in [1.29, 1.82) is 0 Å². The highest BCUT2D eigenvalue weighted by Crippen LogP contribution is 2.28. The second-order valence-corrected chi connectivity index (χ2v) is 4.58.